The van der Waals surface area contributed by atoms with Gasteiger partial charge in [0, 0.05) is 28.0 Å². The van der Waals surface area contributed by atoms with Crippen LogP contribution in [0.15, 0.2) is 18.2 Å². The topological polar surface area (TPSA) is 68.1 Å². The van der Waals surface area contributed by atoms with Crippen molar-refractivity contribution < 1.29 is 9.53 Å². The van der Waals surface area contributed by atoms with E-state index in [0.717, 1.165) is 22.2 Å². The molecular weight excluding hydrogens is 240 g/mol. The Labute approximate surface area is 104 Å². The van der Waals surface area contributed by atoms with Gasteiger partial charge in [0.15, 0.2) is 0 Å². The maximum Gasteiger partial charge on any atom is 0.404 e. The molecule has 1 aromatic heterocycles. The molecular formula is C12H13ClN2O2. The number of benzene rings is 1. The van der Waals surface area contributed by atoms with Crippen molar-refractivity contribution in [2.24, 2.45) is 5.73 Å². The molecule has 17 heavy (non-hydrogen) atoms. The summed E-state index contributed by atoms with van der Waals surface area (Å²) in [5, 5.41) is 1.75. The van der Waals surface area contributed by atoms with Crippen LogP contribution in [-0.4, -0.2) is 17.7 Å². The average Bonchev–Trinajstić information content (AvgIpc) is 2.55. The number of aromatic nitrogens is 1. The molecule has 1 heterocycles. The number of carbonyl (C=O) groups excluding carboxylic acids is 1. The van der Waals surface area contributed by atoms with Gasteiger partial charge in [-0.15, -0.1) is 0 Å². The first-order valence-corrected chi connectivity index (χ1v) is 5.64. The summed E-state index contributed by atoms with van der Waals surface area (Å²) < 4.78 is 4.74. The van der Waals surface area contributed by atoms with Gasteiger partial charge < -0.3 is 15.5 Å². The number of rotatable bonds is 3. The summed E-state index contributed by atoms with van der Waals surface area (Å²) in [6.07, 6.45) is -0.129. The number of aryl methyl sites for hydroxylation is 1. The monoisotopic (exact) mass is 252 g/mol. The molecule has 5 heteroatoms. The van der Waals surface area contributed by atoms with Crippen LogP contribution < -0.4 is 5.73 Å². The van der Waals surface area contributed by atoms with Gasteiger partial charge in [-0.05, 0) is 30.7 Å². The zero-order chi connectivity index (χ0) is 12.4. The summed E-state index contributed by atoms with van der Waals surface area (Å²) in [4.78, 5) is 13.8. The van der Waals surface area contributed by atoms with E-state index >= 15 is 0 Å². The number of ether oxygens (including phenoxy) is 1. The largest absolute Gasteiger partial charge is 0.449 e. The van der Waals surface area contributed by atoms with E-state index in [1.165, 1.54) is 0 Å². The second-order valence-electron chi connectivity index (χ2n) is 3.84. The molecule has 0 bridgehead atoms. The van der Waals surface area contributed by atoms with Crippen LogP contribution in [0.25, 0.3) is 10.9 Å². The highest BCUT2D eigenvalue weighted by Crippen LogP contribution is 2.25. The van der Waals surface area contributed by atoms with Crippen molar-refractivity contribution in [2.75, 3.05) is 6.61 Å². The lowest BCUT2D eigenvalue weighted by Gasteiger charge is -2.02. The zero-order valence-corrected chi connectivity index (χ0v) is 10.2. The number of H-pyrrole nitrogens is 1. The molecule has 1 amide bonds. The minimum absolute atomic E-state index is 0.273. The lowest BCUT2D eigenvalue weighted by Crippen LogP contribution is -2.14. The third-order valence-corrected chi connectivity index (χ3v) is 2.91. The number of nitrogens with two attached hydrogens (primary N) is 1. The van der Waals surface area contributed by atoms with E-state index in [1.807, 2.05) is 25.1 Å². The van der Waals surface area contributed by atoms with Crippen LogP contribution in [0.5, 0.6) is 0 Å². The highest BCUT2D eigenvalue weighted by atomic mass is 35.5. The molecule has 0 atom stereocenters. The molecule has 0 unspecified atom stereocenters. The fourth-order valence-electron chi connectivity index (χ4n) is 1.93. The van der Waals surface area contributed by atoms with E-state index in [2.05, 4.69) is 4.98 Å². The van der Waals surface area contributed by atoms with Gasteiger partial charge in [0.25, 0.3) is 0 Å². The molecule has 0 aliphatic carbocycles. The molecule has 0 fully saturated rings. The quantitative estimate of drug-likeness (QED) is 0.882. The summed E-state index contributed by atoms with van der Waals surface area (Å²) in [6.45, 7) is 2.25. The van der Waals surface area contributed by atoms with Gasteiger partial charge in [-0.2, -0.15) is 0 Å². The zero-order valence-electron chi connectivity index (χ0n) is 9.42. The van der Waals surface area contributed by atoms with Crippen LogP contribution in [0, 0.1) is 6.92 Å². The first-order valence-electron chi connectivity index (χ1n) is 5.27. The Bertz CT molecular complexity index is 563. The van der Waals surface area contributed by atoms with Crippen molar-refractivity contribution in [1.29, 1.82) is 0 Å². The Hall–Kier alpha value is -1.68. The van der Waals surface area contributed by atoms with Crippen molar-refractivity contribution >= 4 is 28.6 Å². The van der Waals surface area contributed by atoms with Crippen molar-refractivity contribution in [2.45, 2.75) is 13.3 Å². The summed E-state index contributed by atoms with van der Waals surface area (Å²) in [6, 6.07) is 5.67. The van der Waals surface area contributed by atoms with E-state index in [0.29, 0.717) is 11.4 Å². The standard InChI is InChI=1S/C12H13ClN2O2/c1-7-9(4-5-17-12(14)16)10-6-8(13)2-3-11(10)15-7/h2-3,6,15H,4-5H2,1H3,(H2,14,16). The maximum atomic E-state index is 10.5. The normalized spacial score (nSPS) is 10.7. The molecule has 0 saturated carbocycles. The van der Waals surface area contributed by atoms with Gasteiger partial charge in [0.2, 0.25) is 0 Å². The molecule has 3 N–H and O–H groups in total. The van der Waals surface area contributed by atoms with Gasteiger partial charge in [0.05, 0.1) is 6.61 Å². The van der Waals surface area contributed by atoms with Gasteiger partial charge in [-0.3, -0.25) is 0 Å². The van der Waals surface area contributed by atoms with Crippen molar-refractivity contribution in [3.63, 3.8) is 0 Å². The molecule has 0 saturated heterocycles. The third-order valence-electron chi connectivity index (χ3n) is 2.68. The molecule has 2 aromatic rings. The number of nitrogens with one attached hydrogen (secondary N) is 1. The van der Waals surface area contributed by atoms with Crippen LogP contribution in [0.1, 0.15) is 11.3 Å². The minimum Gasteiger partial charge on any atom is -0.449 e. The van der Waals surface area contributed by atoms with Crippen LogP contribution in [-0.2, 0) is 11.2 Å². The second kappa shape index (κ2) is 4.67. The van der Waals surface area contributed by atoms with Crippen molar-refractivity contribution in [3.05, 3.63) is 34.5 Å². The molecule has 1 aromatic carbocycles. The number of aromatic amines is 1. The third kappa shape index (κ3) is 2.53. The van der Waals surface area contributed by atoms with E-state index < -0.39 is 6.09 Å². The smallest absolute Gasteiger partial charge is 0.404 e. The van der Waals surface area contributed by atoms with Crippen LogP contribution >= 0.6 is 11.6 Å². The van der Waals surface area contributed by atoms with Crippen molar-refractivity contribution in [1.82, 2.24) is 4.98 Å². The van der Waals surface area contributed by atoms with E-state index in [1.54, 1.807) is 0 Å². The molecule has 90 valence electrons. The van der Waals surface area contributed by atoms with Crippen LogP contribution in [0.3, 0.4) is 0 Å². The molecule has 2 rings (SSSR count). The highest BCUT2D eigenvalue weighted by Gasteiger charge is 2.09. The number of halogens is 1. The highest BCUT2D eigenvalue weighted by molar-refractivity contribution is 6.31. The first kappa shape index (κ1) is 11.8. The Kier molecular flexibility index (Phi) is 3.24. The molecule has 4 nitrogen and oxygen atoms in total. The minimum atomic E-state index is -0.750. The number of hydrogen-bond acceptors (Lipinski definition) is 2. The van der Waals surface area contributed by atoms with Crippen molar-refractivity contribution in [3.8, 4) is 0 Å². The number of carbonyl (C=O) groups is 1. The summed E-state index contributed by atoms with van der Waals surface area (Å²) in [5.74, 6) is 0. The fourth-order valence-corrected chi connectivity index (χ4v) is 2.10. The number of hydrogen-bond donors (Lipinski definition) is 2. The Morgan fingerprint density at radius 2 is 2.29 bits per heavy atom. The van der Waals surface area contributed by atoms with Gasteiger partial charge in [-0.25, -0.2) is 4.79 Å². The van der Waals surface area contributed by atoms with Crippen LogP contribution in [0.2, 0.25) is 5.02 Å². The lowest BCUT2D eigenvalue weighted by atomic mass is 10.1. The van der Waals surface area contributed by atoms with Gasteiger partial charge in [-0.1, -0.05) is 11.6 Å². The predicted octanol–water partition coefficient (Wildman–Crippen LogP) is 2.77. The SMILES string of the molecule is Cc1[nH]c2ccc(Cl)cc2c1CCOC(N)=O. The molecule has 0 aliphatic heterocycles. The Balaban J connectivity index is 2.28. The Morgan fingerprint density at radius 3 is 3.00 bits per heavy atom. The van der Waals surface area contributed by atoms with Crippen LogP contribution in [0.4, 0.5) is 4.79 Å². The fraction of sp³-hybridized carbons (Fsp3) is 0.250. The lowest BCUT2D eigenvalue weighted by molar-refractivity contribution is 0.158. The molecule has 0 aliphatic rings. The summed E-state index contributed by atoms with van der Waals surface area (Å²) in [5.41, 5.74) is 8.10. The predicted molar refractivity (Wildman–Crippen MR) is 67.3 cm³/mol. The summed E-state index contributed by atoms with van der Waals surface area (Å²) >= 11 is 5.97. The number of fused-ring (bicyclic) bond motifs is 1. The number of amides is 1. The second-order valence-corrected chi connectivity index (χ2v) is 4.27. The molecule has 0 radical (unpaired) electrons. The van der Waals surface area contributed by atoms with E-state index in [-0.39, 0.29) is 6.61 Å². The van der Waals surface area contributed by atoms with E-state index in [9.17, 15) is 4.79 Å². The Morgan fingerprint density at radius 1 is 1.53 bits per heavy atom. The van der Waals surface area contributed by atoms with Gasteiger partial charge in [0.1, 0.15) is 0 Å². The maximum absolute atomic E-state index is 10.5. The molecule has 0 spiro atoms. The first-order chi connectivity index (χ1) is 8.08. The summed E-state index contributed by atoms with van der Waals surface area (Å²) in [7, 11) is 0. The average molecular weight is 253 g/mol. The van der Waals surface area contributed by atoms with E-state index in [4.69, 9.17) is 22.1 Å². The van der Waals surface area contributed by atoms with Gasteiger partial charge >= 0.3 is 6.09 Å². The number of primary amides is 1.